The molecular formula is C29H40O3Si. The Morgan fingerprint density at radius 1 is 0.970 bits per heavy atom. The Morgan fingerprint density at radius 3 is 2.12 bits per heavy atom. The van der Waals surface area contributed by atoms with Gasteiger partial charge in [0.1, 0.15) is 6.61 Å². The molecule has 1 heterocycles. The molecule has 4 heteroatoms. The van der Waals surface area contributed by atoms with Crippen molar-refractivity contribution in [1.82, 2.24) is 0 Å². The van der Waals surface area contributed by atoms with Crippen LogP contribution in [0.5, 0.6) is 0 Å². The van der Waals surface area contributed by atoms with E-state index in [4.69, 9.17) is 13.9 Å². The summed E-state index contributed by atoms with van der Waals surface area (Å²) in [6, 6.07) is 21.7. The molecule has 3 nitrogen and oxygen atoms in total. The highest BCUT2D eigenvalue weighted by Gasteiger charge is 2.51. The van der Waals surface area contributed by atoms with Crippen molar-refractivity contribution in [3.63, 3.8) is 0 Å². The summed E-state index contributed by atoms with van der Waals surface area (Å²) in [5, 5.41) is 2.60. The molecule has 1 aliphatic heterocycles. The zero-order valence-electron chi connectivity index (χ0n) is 20.8. The monoisotopic (exact) mass is 464 g/mol. The predicted molar refractivity (Wildman–Crippen MR) is 139 cm³/mol. The lowest BCUT2D eigenvalue weighted by Crippen LogP contribution is -2.67. The highest BCUT2D eigenvalue weighted by Crippen LogP contribution is 2.38. The van der Waals surface area contributed by atoms with Crippen LogP contribution in [-0.2, 0) is 13.9 Å². The van der Waals surface area contributed by atoms with E-state index in [2.05, 4.69) is 100 Å². The molecule has 1 fully saturated rings. The topological polar surface area (TPSA) is 27.7 Å². The molecule has 1 saturated heterocycles. The van der Waals surface area contributed by atoms with Gasteiger partial charge in [-0.3, -0.25) is 0 Å². The van der Waals surface area contributed by atoms with Gasteiger partial charge in [-0.1, -0.05) is 107 Å². The Hall–Kier alpha value is -1.90. The fraction of sp³-hybridized carbons (Fsp3) is 0.517. The SMILES string of the molecule is CCCC(CC#CCOC1CCCCO1)O[Si](c1ccccc1)(c1ccccc1)C(C)(C)C. The van der Waals surface area contributed by atoms with Gasteiger partial charge in [0.05, 0.1) is 6.10 Å². The van der Waals surface area contributed by atoms with Gasteiger partial charge in [0.2, 0.25) is 0 Å². The van der Waals surface area contributed by atoms with Gasteiger partial charge in [-0.05, 0) is 41.1 Å². The van der Waals surface area contributed by atoms with Gasteiger partial charge >= 0.3 is 0 Å². The van der Waals surface area contributed by atoms with Crippen molar-refractivity contribution < 1.29 is 13.9 Å². The van der Waals surface area contributed by atoms with Crippen LogP contribution in [0.15, 0.2) is 60.7 Å². The van der Waals surface area contributed by atoms with Gasteiger partial charge in [-0.25, -0.2) is 0 Å². The van der Waals surface area contributed by atoms with Gasteiger partial charge in [0, 0.05) is 13.0 Å². The Bertz CT molecular complexity index is 834. The van der Waals surface area contributed by atoms with Gasteiger partial charge in [-0.15, -0.1) is 0 Å². The fourth-order valence-corrected chi connectivity index (χ4v) is 9.40. The number of ether oxygens (including phenoxy) is 2. The van der Waals surface area contributed by atoms with Crippen LogP contribution >= 0.6 is 0 Å². The molecule has 2 aromatic carbocycles. The molecule has 3 rings (SSSR count). The van der Waals surface area contributed by atoms with E-state index in [0.29, 0.717) is 13.0 Å². The molecule has 2 aromatic rings. The lowest BCUT2D eigenvalue weighted by Gasteiger charge is -2.45. The molecule has 1 aliphatic rings. The van der Waals surface area contributed by atoms with Crippen molar-refractivity contribution in [2.45, 2.75) is 83.7 Å². The highest BCUT2D eigenvalue weighted by molar-refractivity contribution is 6.99. The van der Waals surface area contributed by atoms with Crippen LogP contribution in [0.4, 0.5) is 0 Å². The average Bonchev–Trinajstić information content (AvgIpc) is 2.83. The van der Waals surface area contributed by atoms with Crippen LogP contribution in [-0.4, -0.2) is 33.9 Å². The molecule has 2 atom stereocenters. The van der Waals surface area contributed by atoms with Crippen LogP contribution in [0.1, 0.15) is 66.2 Å². The van der Waals surface area contributed by atoms with Crippen molar-refractivity contribution in [3.05, 3.63) is 60.7 Å². The van der Waals surface area contributed by atoms with E-state index in [1.165, 1.54) is 16.8 Å². The van der Waals surface area contributed by atoms with E-state index in [9.17, 15) is 0 Å². The van der Waals surface area contributed by atoms with Crippen molar-refractivity contribution >= 4 is 18.7 Å². The second-order valence-electron chi connectivity index (χ2n) is 9.86. The smallest absolute Gasteiger partial charge is 0.261 e. The average molecular weight is 465 g/mol. The first-order valence-electron chi connectivity index (χ1n) is 12.4. The third-order valence-electron chi connectivity index (χ3n) is 6.30. The van der Waals surface area contributed by atoms with E-state index < -0.39 is 8.32 Å². The maximum Gasteiger partial charge on any atom is 0.261 e. The highest BCUT2D eigenvalue weighted by atomic mass is 28.4. The van der Waals surface area contributed by atoms with Crippen molar-refractivity contribution in [2.75, 3.05) is 13.2 Å². The van der Waals surface area contributed by atoms with Crippen LogP contribution in [0, 0.1) is 11.8 Å². The Labute approximate surface area is 202 Å². The molecule has 2 unspecified atom stereocenters. The summed E-state index contributed by atoms with van der Waals surface area (Å²) in [6.45, 7) is 10.4. The quantitative estimate of drug-likeness (QED) is 0.354. The summed E-state index contributed by atoms with van der Waals surface area (Å²) in [4.78, 5) is 0. The molecule has 0 N–H and O–H groups in total. The minimum absolute atomic E-state index is 0.0312. The minimum Gasteiger partial charge on any atom is -0.404 e. The van der Waals surface area contributed by atoms with Crippen LogP contribution in [0.25, 0.3) is 0 Å². The maximum absolute atomic E-state index is 7.28. The summed E-state index contributed by atoms with van der Waals surface area (Å²) in [6.07, 6.45) is 6.03. The van der Waals surface area contributed by atoms with Gasteiger partial charge < -0.3 is 13.9 Å². The van der Waals surface area contributed by atoms with Gasteiger partial charge in [0.25, 0.3) is 8.32 Å². The van der Waals surface area contributed by atoms with Crippen LogP contribution in [0.2, 0.25) is 5.04 Å². The summed E-state index contributed by atoms with van der Waals surface area (Å²) >= 11 is 0. The standard InChI is InChI=1S/C29H40O3Si/c1-5-16-25(17-12-14-23-30-28-22-13-15-24-31-28)32-33(29(2,3)4,26-18-8-6-9-19-26)27-20-10-7-11-21-27/h6-11,18-21,25,28H,5,13,15-17,22-24H2,1-4H3. The lowest BCUT2D eigenvalue weighted by atomic mass is 10.1. The molecule has 0 radical (unpaired) electrons. The third kappa shape index (κ3) is 6.80. The zero-order chi connectivity index (χ0) is 23.6. The molecular weight excluding hydrogens is 424 g/mol. The Morgan fingerprint density at radius 2 is 1.61 bits per heavy atom. The molecule has 178 valence electrons. The molecule has 33 heavy (non-hydrogen) atoms. The lowest BCUT2D eigenvalue weighted by molar-refractivity contribution is -0.154. The molecule has 0 aliphatic carbocycles. The summed E-state index contributed by atoms with van der Waals surface area (Å²) in [5.41, 5.74) is 0. The summed E-state index contributed by atoms with van der Waals surface area (Å²) in [5.74, 6) is 6.56. The summed E-state index contributed by atoms with van der Waals surface area (Å²) in [7, 11) is -2.56. The van der Waals surface area contributed by atoms with Crippen molar-refractivity contribution in [3.8, 4) is 11.8 Å². The molecule has 0 saturated carbocycles. The fourth-order valence-electron chi connectivity index (χ4n) is 4.68. The number of hydrogen-bond acceptors (Lipinski definition) is 3. The van der Waals surface area contributed by atoms with E-state index in [1.54, 1.807) is 0 Å². The first-order valence-corrected chi connectivity index (χ1v) is 14.4. The van der Waals surface area contributed by atoms with E-state index >= 15 is 0 Å². The van der Waals surface area contributed by atoms with Crippen LogP contribution in [0.3, 0.4) is 0 Å². The third-order valence-corrected chi connectivity index (χ3v) is 11.4. The van der Waals surface area contributed by atoms with E-state index in [0.717, 1.165) is 32.3 Å². The first-order chi connectivity index (χ1) is 16.0. The maximum atomic E-state index is 7.28. The first kappa shape index (κ1) is 25.7. The largest absolute Gasteiger partial charge is 0.404 e. The van der Waals surface area contributed by atoms with E-state index in [-0.39, 0.29) is 17.4 Å². The van der Waals surface area contributed by atoms with Crippen molar-refractivity contribution in [2.24, 2.45) is 0 Å². The normalized spacial score (nSPS) is 17.8. The van der Waals surface area contributed by atoms with Gasteiger partial charge in [-0.2, -0.15) is 0 Å². The molecule has 0 aromatic heterocycles. The minimum atomic E-state index is -2.56. The van der Waals surface area contributed by atoms with E-state index in [1.807, 2.05) is 0 Å². The number of rotatable bonds is 9. The Balaban J connectivity index is 1.83. The Kier molecular flexibility index (Phi) is 9.76. The number of benzene rings is 2. The molecule has 0 amide bonds. The summed E-state index contributed by atoms with van der Waals surface area (Å²) < 4.78 is 18.7. The second-order valence-corrected chi connectivity index (χ2v) is 14.1. The predicted octanol–water partition coefficient (Wildman–Crippen LogP) is 5.67. The zero-order valence-corrected chi connectivity index (χ0v) is 21.8. The van der Waals surface area contributed by atoms with Gasteiger partial charge in [0.15, 0.2) is 6.29 Å². The van der Waals surface area contributed by atoms with Crippen LogP contribution < -0.4 is 10.4 Å². The molecule has 0 bridgehead atoms. The van der Waals surface area contributed by atoms with Crippen molar-refractivity contribution in [1.29, 1.82) is 0 Å². The number of hydrogen-bond donors (Lipinski definition) is 0. The molecule has 0 spiro atoms. The second kappa shape index (κ2) is 12.5.